The number of piperazine rings is 1. The molecule has 0 aliphatic carbocycles. The van der Waals surface area contributed by atoms with Gasteiger partial charge in [-0.05, 0) is 140 Å². The predicted octanol–water partition coefficient (Wildman–Crippen LogP) is 13.3. The van der Waals surface area contributed by atoms with Crippen LogP contribution in [0.1, 0.15) is 63.9 Å². The lowest BCUT2D eigenvalue weighted by atomic mass is 9.92. The fourth-order valence-electron chi connectivity index (χ4n) is 13.2. The summed E-state index contributed by atoms with van der Waals surface area (Å²) >= 11 is 16.3. The van der Waals surface area contributed by atoms with E-state index < -0.39 is 37.9 Å². The van der Waals surface area contributed by atoms with Gasteiger partial charge >= 0.3 is 5.97 Å². The number of hydrogen-bond acceptors (Lipinski definition) is 17. The van der Waals surface area contributed by atoms with E-state index in [2.05, 4.69) is 91.1 Å². The summed E-state index contributed by atoms with van der Waals surface area (Å²) in [5.41, 5.74) is 4.40. The molecule has 5 aliphatic heterocycles. The zero-order valence-corrected chi connectivity index (χ0v) is 58.0. The third kappa shape index (κ3) is 13.9. The zero-order chi connectivity index (χ0) is 66.3. The number of carbonyl (C=O) groups excluding carboxylic acids is 1. The molecule has 0 N–H and O–H groups in total. The number of esters is 1. The smallest absolute Gasteiger partial charge is 0.348 e. The first kappa shape index (κ1) is 66.1. The first-order chi connectivity index (χ1) is 45.7. The number of thiophene rings is 1. The maximum absolute atomic E-state index is 14.8. The summed E-state index contributed by atoms with van der Waals surface area (Å²) in [6.45, 7) is 20.9. The molecule has 6 atom stereocenters. The average molecular weight is 1360 g/mol. The Morgan fingerprint density at radius 3 is 2.05 bits per heavy atom. The van der Waals surface area contributed by atoms with Crippen LogP contribution in [0.15, 0.2) is 146 Å². The van der Waals surface area contributed by atoms with E-state index in [4.69, 9.17) is 80.5 Å². The number of nitrogens with zero attached hydrogens (tertiary/aromatic N) is 6. The highest BCUT2D eigenvalue weighted by molar-refractivity contribution is 7.22. The number of likely N-dealkylation sites (N-methyl/N-ethyl adjacent to an activating group) is 1. The summed E-state index contributed by atoms with van der Waals surface area (Å²) < 4.78 is 75.3. The molecule has 0 saturated carbocycles. The molecule has 95 heavy (non-hydrogen) atoms. The molecule has 21 heteroatoms. The minimum atomic E-state index is -2.88. The largest absolute Gasteiger partial charge is 0.490 e. The molecule has 0 unspecified atom stereocenters. The van der Waals surface area contributed by atoms with Crippen LogP contribution in [0.2, 0.25) is 15.1 Å². The summed E-state index contributed by atoms with van der Waals surface area (Å²) in [7, 11) is -0.764. The zero-order valence-electron chi connectivity index (χ0n) is 54.7. The normalized spacial score (nSPS) is 20.3. The Morgan fingerprint density at radius 2 is 1.39 bits per heavy atom. The molecule has 0 radical (unpaired) electrons. The van der Waals surface area contributed by atoms with E-state index in [1.807, 2.05) is 68.4 Å². The Morgan fingerprint density at radius 1 is 0.737 bits per heavy atom. The highest BCUT2D eigenvalue weighted by Gasteiger charge is 2.57. The van der Waals surface area contributed by atoms with Crippen LogP contribution in [0.5, 0.6) is 28.9 Å². The van der Waals surface area contributed by atoms with Gasteiger partial charge in [0.05, 0.1) is 40.4 Å². The minimum absolute atomic E-state index is 0.0300. The monoisotopic (exact) mass is 1360 g/mol. The Bertz CT molecular complexity index is 4160. The summed E-state index contributed by atoms with van der Waals surface area (Å²) in [6, 6.07) is 42.4. The van der Waals surface area contributed by atoms with Crippen molar-refractivity contribution in [2.24, 2.45) is 0 Å². The van der Waals surface area contributed by atoms with Crippen LogP contribution >= 0.6 is 34.5 Å². The molecule has 6 aromatic carbocycles. The average Bonchev–Trinajstić information content (AvgIpc) is 1.36. The number of benzene rings is 6. The van der Waals surface area contributed by atoms with Gasteiger partial charge < -0.3 is 47.2 Å². The van der Waals surface area contributed by atoms with Crippen molar-refractivity contribution < 1.29 is 51.5 Å². The van der Waals surface area contributed by atoms with Crippen molar-refractivity contribution >= 4 is 69.4 Å². The molecule has 494 valence electrons. The van der Waals surface area contributed by atoms with Crippen molar-refractivity contribution in [3.8, 4) is 61.8 Å². The van der Waals surface area contributed by atoms with Gasteiger partial charge in [0.25, 0.3) is 8.32 Å². The standard InChI is InChI=1S/C74H77Cl2FN6O10SSi/c1-44-60-45(2)64(76)67(63(44)75)90-53(38-83-34-32-82(9)33-35-83)40-85-52-28-29-56(48(36-52)37-57(72(84)92-73(3,4)5)91-70-62-61(60)68(94-71(62)80-43-79-70)46-20-24-49(77)25-21-46)86-39-50-30-31-78-69(81-50)47-22-26-51(27-23-47)89-58-41-87-66-59(42-88-65(58)66)93-95(74(6,7)8,54-16-12-10-13-17-54)55-18-14-11-15-19-55/h10-31,36,43,53,57-59,65-66H,32-35,37-42H2,1-9H3/t53-,57-,58+,59-,65-,66+/m1/s1. The van der Waals surface area contributed by atoms with E-state index >= 15 is 0 Å². The molecule has 16 nitrogen and oxygen atoms in total. The SMILES string of the molecule is Cc1c(Cl)c2c(Cl)c(C)c1-c1c(-c3ccc(F)cc3)sc3ncnc(c13)O[C@@H](C(=O)OC(C)(C)C)Cc1cc(ccc1OCc1ccnc(-c3ccc(O[C@H]4CO[C@@H]5[C@@H]4OC[C@H]5O[Si](c4ccccc4)(c4ccccc4)C(C)(C)C)cc3)n1)OC[C@@H](CN1CCN(C)CC1)O2. The summed E-state index contributed by atoms with van der Waals surface area (Å²) in [6.07, 6.45) is -0.0897. The predicted molar refractivity (Wildman–Crippen MR) is 370 cm³/mol. The number of halogens is 3. The number of ether oxygens (including phenoxy) is 8. The van der Waals surface area contributed by atoms with Crippen molar-refractivity contribution in [2.45, 2.75) is 116 Å². The van der Waals surface area contributed by atoms with E-state index in [1.165, 1.54) is 40.2 Å². The second-order valence-electron chi connectivity index (χ2n) is 26.8. The first-order valence-corrected chi connectivity index (χ1v) is 35.6. The van der Waals surface area contributed by atoms with Gasteiger partial charge in [-0.2, -0.15) is 0 Å². The van der Waals surface area contributed by atoms with Crippen LogP contribution < -0.4 is 34.1 Å². The number of fused-ring (bicyclic) bond motifs is 8. The van der Waals surface area contributed by atoms with Crippen molar-refractivity contribution in [1.29, 1.82) is 0 Å². The van der Waals surface area contributed by atoms with Gasteiger partial charge in [-0.1, -0.05) is 117 Å². The molecule has 0 amide bonds. The molecule has 9 aromatic rings. The number of rotatable bonds is 14. The lowest BCUT2D eigenvalue weighted by Gasteiger charge is -2.45. The molecule has 3 saturated heterocycles. The minimum Gasteiger partial charge on any atom is -0.490 e. The van der Waals surface area contributed by atoms with Crippen LogP contribution in [0.3, 0.4) is 0 Å². The van der Waals surface area contributed by atoms with Crippen LogP contribution in [-0.4, -0.2) is 146 Å². The fourth-order valence-corrected chi connectivity index (χ4v) is 19.6. The van der Waals surface area contributed by atoms with E-state index in [1.54, 1.807) is 45.2 Å². The van der Waals surface area contributed by atoms with Gasteiger partial charge in [-0.15, -0.1) is 11.3 Å². The fraction of sp³-hybridized carbons (Fsp3) is 0.365. The molecule has 8 heterocycles. The molecular weight excluding hydrogens is 1280 g/mol. The van der Waals surface area contributed by atoms with Gasteiger partial charge in [0.2, 0.25) is 12.0 Å². The van der Waals surface area contributed by atoms with Gasteiger partial charge in [0, 0.05) is 66.9 Å². The number of carbonyl (C=O) groups is 1. The van der Waals surface area contributed by atoms with Gasteiger partial charge in [-0.25, -0.2) is 29.1 Å². The Labute approximate surface area is 568 Å². The highest BCUT2D eigenvalue weighted by atomic mass is 35.5. The second kappa shape index (κ2) is 27.5. The third-order valence-corrected chi connectivity index (χ3v) is 25.1. The Balaban J connectivity index is 0.782. The number of aromatic nitrogens is 4. The Kier molecular flexibility index (Phi) is 19.1. The highest BCUT2D eigenvalue weighted by Crippen LogP contribution is 2.53. The van der Waals surface area contributed by atoms with E-state index in [-0.39, 0.29) is 55.0 Å². The van der Waals surface area contributed by atoms with Gasteiger partial charge in [0.15, 0.2) is 17.7 Å². The molecule has 5 aliphatic rings. The van der Waals surface area contributed by atoms with E-state index in [0.717, 1.165) is 36.6 Å². The van der Waals surface area contributed by atoms with Crippen LogP contribution in [0.4, 0.5) is 4.39 Å². The topological polar surface area (TPSA) is 158 Å². The number of hydrogen-bond donors (Lipinski definition) is 0. The van der Waals surface area contributed by atoms with Crippen LogP contribution in [0, 0.1) is 19.7 Å². The van der Waals surface area contributed by atoms with Crippen molar-refractivity contribution in [2.75, 3.05) is 59.6 Å². The van der Waals surface area contributed by atoms with E-state index in [0.29, 0.717) is 108 Å². The quantitative estimate of drug-likeness (QED) is 0.0747. The third-order valence-electron chi connectivity index (χ3n) is 18.0. The van der Waals surface area contributed by atoms with Crippen LogP contribution in [-0.2, 0) is 36.5 Å². The molecular formula is C74H77Cl2FN6O10SSi. The van der Waals surface area contributed by atoms with E-state index in [9.17, 15) is 9.18 Å². The summed E-state index contributed by atoms with van der Waals surface area (Å²) in [5, 5.41) is 3.30. The molecule has 4 bridgehead atoms. The van der Waals surface area contributed by atoms with Crippen molar-refractivity contribution in [3.05, 3.63) is 184 Å². The lowest BCUT2D eigenvalue weighted by molar-refractivity contribution is -0.163. The molecule has 14 rings (SSSR count). The Hall–Kier alpha value is -7.56. The van der Waals surface area contributed by atoms with Gasteiger partial charge in [0.1, 0.15) is 71.4 Å². The van der Waals surface area contributed by atoms with Crippen LogP contribution in [0.25, 0.3) is 43.2 Å². The summed E-state index contributed by atoms with van der Waals surface area (Å²) in [5.74, 6) is 1.45. The summed E-state index contributed by atoms with van der Waals surface area (Å²) in [4.78, 5) is 39.9. The maximum Gasteiger partial charge on any atom is 0.348 e. The second-order valence-corrected chi connectivity index (χ2v) is 32.8. The lowest BCUT2D eigenvalue weighted by Crippen LogP contribution is -2.68. The first-order valence-electron chi connectivity index (χ1n) is 32.2. The van der Waals surface area contributed by atoms with Crippen molar-refractivity contribution in [1.82, 2.24) is 29.7 Å². The van der Waals surface area contributed by atoms with Crippen molar-refractivity contribution in [3.63, 3.8) is 0 Å². The van der Waals surface area contributed by atoms with Gasteiger partial charge in [-0.3, -0.25) is 4.90 Å². The molecule has 3 fully saturated rings. The maximum atomic E-state index is 14.8. The molecule has 3 aromatic heterocycles. The molecule has 0 spiro atoms.